The number of rotatable bonds is 4. The summed E-state index contributed by atoms with van der Waals surface area (Å²) < 4.78 is 5.53. The Morgan fingerprint density at radius 3 is 2.57 bits per heavy atom. The van der Waals surface area contributed by atoms with Gasteiger partial charge in [0.1, 0.15) is 11.6 Å². The van der Waals surface area contributed by atoms with E-state index in [1.807, 2.05) is 0 Å². The smallest absolute Gasteiger partial charge is 0.311 e. The quantitative estimate of drug-likeness (QED) is 0.389. The van der Waals surface area contributed by atoms with E-state index in [1.165, 1.54) is 18.2 Å². The zero-order valence-corrected chi connectivity index (χ0v) is 11.8. The SMILES string of the molecule is Cc1ccc([N+](=O)[O-])c(Oc2ccc(C(=N)N)cc2Cl)c1. The van der Waals surface area contributed by atoms with E-state index in [-0.39, 0.29) is 28.0 Å². The van der Waals surface area contributed by atoms with Crippen LogP contribution in [0.4, 0.5) is 5.69 Å². The van der Waals surface area contributed by atoms with Crippen molar-refractivity contribution in [1.82, 2.24) is 0 Å². The lowest BCUT2D eigenvalue weighted by Crippen LogP contribution is -2.10. The fourth-order valence-corrected chi connectivity index (χ4v) is 1.94. The Morgan fingerprint density at radius 1 is 1.29 bits per heavy atom. The normalized spacial score (nSPS) is 10.2. The van der Waals surface area contributed by atoms with Gasteiger partial charge in [0.25, 0.3) is 0 Å². The van der Waals surface area contributed by atoms with Crippen LogP contribution in [0.15, 0.2) is 36.4 Å². The molecule has 3 N–H and O–H groups in total. The third kappa shape index (κ3) is 3.29. The van der Waals surface area contributed by atoms with E-state index in [9.17, 15) is 10.1 Å². The largest absolute Gasteiger partial charge is 0.449 e. The van der Waals surface area contributed by atoms with Gasteiger partial charge >= 0.3 is 5.69 Å². The number of aryl methyl sites for hydroxylation is 1. The molecule has 0 saturated heterocycles. The van der Waals surface area contributed by atoms with Gasteiger partial charge in [0.15, 0.2) is 0 Å². The van der Waals surface area contributed by atoms with Crippen molar-refractivity contribution in [3.8, 4) is 11.5 Å². The molecule has 0 amide bonds. The van der Waals surface area contributed by atoms with E-state index in [1.54, 1.807) is 25.1 Å². The molecule has 2 rings (SSSR count). The molecule has 0 fully saturated rings. The van der Waals surface area contributed by atoms with Gasteiger partial charge in [-0.2, -0.15) is 0 Å². The summed E-state index contributed by atoms with van der Waals surface area (Å²) in [7, 11) is 0. The topological polar surface area (TPSA) is 102 Å². The fourth-order valence-electron chi connectivity index (χ4n) is 1.72. The lowest BCUT2D eigenvalue weighted by Gasteiger charge is -2.09. The van der Waals surface area contributed by atoms with E-state index in [0.717, 1.165) is 5.56 Å². The summed E-state index contributed by atoms with van der Waals surface area (Å²) in [6.07, 6.45) is 0. The predicted octanol–water partition coefficient (Wildman–Crippen LogP) is 3.63. The van der Waals surface area contributed by atoms with Gasteiger partial charge in [-0.15, -0.1) is 0 Å². The molecular weight excluding hydrogens is 294 g/mol. The molecule has 0 aromatic heterocycles. The fraction of sp³-hybridized carbons (Fsp3) is 0.0714. The standard InChI is InChI=1S/C14H12ClN3O3/c1-8-2-4-11(18(19)20)13(6-8)21-12-5-3-9(14(16)17)7-10(12)15/h2-7H,1H3,(H3,16,17). The van der Waals surface area contributed by atoms with Crippen LogP contribution in [0, 0.1) is 22.4 Å². The third-order valence-corrected chi connectivity index (χ3v) is 3.07. The highest BCUT2D eigenvalue weighted by molar-refractivity contribution is 6.32. The van der Waals surface area contributed by atoms with Crippen molar-refractivity contribution in [2.75, 3.05) is 0 Å². The van der Waals surface area contributed by atoms with Gasteiger partial charge < -0.3 is 10.5 Å². The summed E-state index contributed by atoms with van der Waals surface area (Å²) in [5, 5.41) is 18.6. The first-order valence-corrected chi connectivity index (χ1v) is 6.33. The highest BCUT2D eigenvalue weighted by Crippen LogP contribution is 2.35. The first-order valence-electron chi connectivity index (χ1n) is 5.95. The average Bonchev–Trinajstić information content (AvgIpc) is 2.40. The molecule has 0 aliphatic heterocycles. The Bertz CT molecular complexity index is 731. The molecule has 0 radical (unpaired) electrons. The summed E-state index contributed by atoms with van der Waals surface area (Å²) >= 11 is 6.05. The lowest BCUT2D eigenvalue weighted by molar-refractivity contribution is -0.385. The monoisotopic (exact) mass is 305 g/mol. The van der Waals surface area contributed by atoms with Crippen LogP contribution in [0.5, 0.6) is 11.5 Å². The summed E-state index contributed by atoms with van der Waals surface area (Å²) in [5.74, 6) is 0.248. The molecule has 0 atom stereocenters. The molecule has 0 saturated carbocycles. The van der Waals surface area contributed by atoms with Crippen LogP contribution < -0.4 is 10.5 Å². The molecular formula is C14H12ClN3O3. The molecule has 0 aliphatic carbocycles. The van der Waals surface area contributed by atoms with E-state index in [0.29, 0.717) is 5.56 Å². The molecule has 0 aliphatic rings. The van der Waals surface area contributed by atoms with Crippen LogP contribution in [0.3, 0.4) is 0 Å². The summed E-state index contributed by atoms with van der Waals surface area (Å²) in [6, 6.07) is 9.12. The summed E-state index contributed by atoms with van der Waals surface area (Å²) in [4.78, 5) is 10.5. The molecule has 2 aromatic carbocycles. The van der Waals surface area contributed by atoms with E-state index < -0.39 is 4.92 Å². The minimum absolute atomic E-state index is 0.109. The Balaban J connectivity index is 2.40. The number of ether oxygens (including phenoxy) is 1. The average molecular weight is 306 g/mol. The first-order chi connectivity index (χ1) is 9.88. The van der Waals surface area contributed by atoms with E-state index >= 15 is 0 Å². The van der Waals surface area contributed by atoms with Crippen molar-refractivity contribution in [2.24, 2.45) is 5.73 Å². The van der Waals surface area contributed by atoms with Crippen molar-refractivity contribution in [3.05, 3.63) is 62.7 Å². The maximum absolute atomic E-state index is 11.0. The molecule has 0 heterocycles. The van der Waals surface area contributed by atoms with E-state index in [4.69, 9.17) is 27.5 Å². The second kappa shape index (κ2) is 5.80. The van der Waals surface area contributed by atoms with Gasteiger partial charge in [0.05, 0.1) is 9.95 Å². The molecule has 108 valence electrons. The number of hydrogen-bond donors (Lipinski definition) is 2. The molecule has 21 heavy (non-hydrogen) atoms. The zero-order valence-electron chi connectivity index (χ0n) is 11.1. The van der Waals surface area contributed by atoms with Crippen LogP contribution >= 0.6 is 11.6 Å². The van der Waals surface area contributed by atoms with Gasteiger partial charge in [-0.1, -0.05) is 17.7 Å². The van der Waals surface area contributed by atoms with Gasteiger partial charge in [0.2, 0.25) is 5.75 Å². The molecule has 7 heteroatoms. The Morgan fingerprint density at radius 2 is 2.00 bits per heavy atom. The van der Waals surface area contributed by atoms with Gasteiger partial charge in [-0.05, 0) is 36.8 Å². The minimum Gasteiger partial charge on any atom is -0.449 e. The molecule has 0 bridgehead atoms. The number of amidine groups is 1. The predicted molar refractivity (Wildman–Crippen MR) is 80.4 cm³/mol. The van der Waals surface area contributed by atoms with Gasteiger partial charge in [-0.25, -0.2) is 0 Å². The molecule has 6 nitrogen and oxygen atoms in total. The second-order valence-corrected chi connectivity index (χ2v) is 4.80. The Hall–Kier alpha value is -2.60. The van der Waals surface area contributed by atoms with Crippen molar-refractivity contribution < 1.29 is 9.66 Å². The number of nitrogens with zero attached hydrogens (tertiary/aromatic N) is 1. The van der Waals surface area contributed by atoms with Crippen molar-refractivity contribution in [1.29, 1.82) is 5.41 Å². The summed E-state index contributed by atoms with van der Waals surface area (Å²) in [5.41, 5.74) is 6.49. The molecule has 0 spiro atoms. The third-order valence-electron chi connectivity index (χ3n) is 2.77. The molecule has 0 unspecified atom stereocenters. The number of nitrogen functional groups attached to an aromatic ring is 1. The van der Waals surface area contributed by atoms with Gasteiger partial charge in [-0.3, -0.25) is 15.5 Å². The van der Waals surface area contributed by atoms with E-state index in [2.05, 4.69) is 0 Å². The number of nitro benzene ring substituents is 1. The van der Waals surface area contributed by atoms with Crippen LogP contribution in [-0.2, 0) is 0 Å². The highest BCUT2D eigenvalue weighted by Gasteiger charge is 2.17. The van der Waals surface area contributed by atoms with Crippen LogP contribution in [0.25, 0.3) is 0 Å². The number of halogens is 1. The first kappa shape index (κ1) is 14.8. The number of nitrogens with one attached hydrogen (secondary N) is 1. The van der Waals surface area contributed by atoms with Crippen LogP contribution in [0.1, 0.15) is 11.1 Å². The van der Waals surface area contributed by atoms with Crippen molar-refractivity contribution >= 4 is 23.1 Å². The number of benzene rings is 2. The molecule has 2 aromatic rings. The number of nitro groups is 1. The van der Waals surface area contributed by atoms with Gasteiger partial charge in [0, 0.05) is 11.6 Å². The van der Waals surface area contributed by atoms with Crippen molar-refractivity contribution in [3.63, 3.8) is 0 Å². The maximum Gasteiger partial charge on any atom is 0.311 e. The Kier molecular flexibility index (Phi) is 4.09. The number of hydrogen-bond acceptors (Lipinski definition) is 4. The Labute approximate surface area is 125 Å². The summed E-state index contributed by atoms with van der Waals surface area (Å²) in [6.45, 7) is 1.80. The highest BCUT2D eigenvalue weighted by atomic mass is 35.5. The maximum atomic E-state index is 11.0. The minimum atomic E-state index is -0.521. The zero-order chi connectivity index (χ0) is 15.6. The number of nitrogens with two attached hydrogens (primary N) is 1. The lowest BCUT2D eigenvalue weighted by atomic mass is 10.2. The van der Waals surface area contributed by atoms with Crippen LogP contribution in [-0.4, -0.2) is 10.8 Å². The second-order valence-electron chi connectivity index (χ2n) is 4.39. The van der Waals surface area contributed by atoms with Crippen molar-refractivity contribution in [2.45, 2.75) is 6.92 Å². The van der Waals surface area contributed by atoms with Crippen LogP contribution in [0.2, 0.25) is 5.02 Å².